The molecule has 5 heteroatoms. The molecule has 2 rings (SSSR count). The van der Waals surface area contributed by atoms with Crippen LogP contribution in [0.3, 0.4) is 0 Å². The Labute approximate surface area is 122 Å². The van der Waals surface area contributed by atoms with Crippen molar-refractivity contribution in [3.05, 3.63) is 0 Å². The predicted octanol–water partition coefficient (Wildman–Crippen LogP) is 0.386. The lowest BCUT2D eigenvalue weighted by Gasteiger charge is -2.38. The van der Waals surface area contributed by atoms with Crippen molar-refractivity contribution in [3.8, 4) is 0 Å². The lowest BCUT2D eigenvalue weighted by atomic mass is 10.00. The van der Waals surface area contributed by atoms with Gasteiger partial charge in [0.15, 0.2) is 0 Å². The van der Waals surface area contributed by atoms with Gasteiger partial charge in [0, 0.05) is 32.2 Å². The molecule has 0 aromatic heterocycles. The maximum Gasteiger partial charge on any atom is 0.251 e. The topological polar surface area (TPSA) is 47.0 Å². The Morgan fingerprint density at radius 2 is 1.90 bits per heavy atom. The van der Waals surface area contributed by atoms with E-state index in [1.54, 1.807) is 11.8 Å². The fraction of sp³-hybridized carbons (Fsp3) is 0.933. The number of rotatable bonds is 4. The van der Waals surface area contributed by atoms with E-state index in [1.165, 1.54) is 32.2 Å². The molecule has 5 nitrogen and oxygen atoms in total. The fourth-order valence-electron chi connectivity index (χ4n) is 3.30. The zero-order chi connectivity index (χ0) is 14.5. The van der Waals surface area contributed by atoms with Gasteiger partial charge >= 0.3 is 0 Å². The molecule has 1 amide bonds. The van der Waals surface area contributed by atoms with Crippen molar-refractivity contribution in [3.63, 3.8) is 0 Å². The molecule has 2 aliphatic heterocycles. The summed E-state index contributed by atoms with van der Waals surface area (Å²) in [6.45, 7) is 7.30. The Balaban J connectivity index is 1.68. The summed E-state index contributed by atoms with van der Waals surface area (Å²) in [6.07, 6.45) is 4.41. The summed E-state index contributed by atoms with van der Waals surface area (Å²) in [5, 5.41) is 9.33. The Hall–Kier alpha value is -0.650. The van der Waals surface area contributed by atoms with Crippen LogP contribution in [0.15, 0.2) is 0 Å². The van der Waals surface area contributed by atoms with E-state index in [0.717, 1.165) is 38.8 Å². The van der Waals surface area contributed by atoms with Crippen LogP contribution in [0, 0.1) is 0 Å². The van der Waals surface area contributed by atoms with Gasteiger partial charge in [-0.2, -0.15) is 0 Å². The van der Waals surface area contributed by atoms with Crippen LogP contribution in [-0.2, 0) is 4.79 Å². The van der Waals surface area contributed by atoms with Crippen molar-refractivity contribution in [2.75, 3.05) is 46.3 Å². The van der Waals surface area contributed by atoms with E-state index in [1.807, 2.05) is 0 Å². The lowest BCUT2D eigenvalue weighted by molar-refractivity contribution is -0.141. The van der Waals surface area contributed by atoms with Crippen molar-refractivity contribution in [2.24, 2.45) is 0 Å². The summed E-state index contributed by atoms with van der Waals surface area (Å²) >= 11 is 0. The minimum Gasteiger partial charge on any atom is -0.384 e. The minimum atomic E-state index is -0.863. The summed E-state index contributed by atoms with van der Waals surface area (Å²) < 4.78 is 0. The summed E-state index contributed by atoms with van der Waals surface area (Å²) in [7, 11) is 2.24. The van der Waals surface area contributed by atoms with E-state index in [-0.39, 0.29) is 5.91 Å². The Morgan fingerprint density at radius 3 is 2.50 bits per heavy atom. The van der Waals surface area contributed by atoms with Gasteiger partial charge in [-0.1, -0.05) is 6.42 Å². The molecule has 0 aliphatic carbocycles. The molecule has 0 unspecified atom stereocenters. The van der Waals surface area contributed by atoms with Crippen LogP contribution in [0.5, 0.6) is 0 Å². The predicted molar refractivity (Wildman–Crippen MR) is 79.6 cm³/mol. The third-order valence-corrected chi connectivity index (χ3v) is 4.74. The van der Waals surface area contributed by atoms with Crippen LogP contribution in [0.25, 0.3) is 0 Å². The molecule has 0 aromatic carbocycles. The largest absolute Gasteiger partial charge is 0.384 e. The number of carbonyl (C=O) groups excluding carboxylic acids is 1. The number of amides is 1. The molecule has 0 radical (unpaired) electrons. The number of carbonyl (C=O) groups is 1. The highest BCUT2D eigenvalue weighted by Crippen LogP contribution is 2.18. The highest BCUT2D eigenvalue weighted by molar-refractivity contribution is 5.80. The molecule has 1 N–H and O–H groups in total. The van der Waals surface area contributed by atoms with Gasteiger partial charge < -0.3 is 14.9 Å². The average molecular weight is 283 g/mol. The number of nitrogens with zero attached hydrogens (tertiary/aromatic N) is 3. The molecule has 0 saturated carbocycles. The first-order chi connectivity index (χ1) is 9.58. The quantitative estimate of drug-likeness (QED) is 0.810. The maximum absolute atomic E-state index is 11.7. The van der Waals surface area contributed by atoms with E-state index < -0.39 is 6.10 Å². The highest BCUT2D eigenvalue weighted by Gasteiger charge is 2.25. The van der Waals surface area contributed by atoms with Crippen LogP contribution in [-0.4, -0.2) is 84.2 Å². The van der Waals surface area contributed by atoms with Gasteiger partial charge in [-0.15, -0.1) is 0 Å². The first kappa shape index (κ1) is 15.7. The van der Waals surface area contributed by atoms with Crippen LogP contribution in [0.2, 0.25) is 0 Å². The zero-order valence-electron chi connectivity index (χ0n) is 12.9. The second kappa shape index (κ2) is 7.38. The number of hydrogen-bond donors (Lipinski definition) is 1. The highest BCUT2D eigenvalue weighted by atomic mass is 16.3. The lowest BCUT2D eigenvalue weighted by Crippen LogP contribution is -2.51. The number of aliphatic hydroxyl groups excluding tert-OH is 1. The fourth-order valence-corrected chi connectivity index (χ4v) is 3.30. The number of aliphatic hydroxyl groups is 1. The first-order valence-corrected chi connectivity index (χ1v) is 7.97. The van der Waals surface area contributed by atoms with E-state index in [2.05, 4.69) is 16.8 Å². The van der Waals surface area contributed by atoms with Crippen molar-refractivity contribution in [1.82, 2.24) is 14.7 Å². The molecule has 0 aromatic rings. The van der Waals surface area contributed by atoms with E-state index in [4.69, 9.17) is 0 Å². The van der Waals surface area contributed by atoms with Crippen LogP contribution in [0.4, 0.5) is 0 Å². The van der Waals surface area contributed by atoms with E-state index >= 15 is 0 Å². The van der Waals surface area contributed by atoms with Gasteiger partial charge in [0.25, 0.3) is 5.91 Å². The second-order valence-corrected chi connectivity index (χ2v) is 6.26. The molecular formula is C15H29N3O2. The number of piperazine rings is 1. The first-order valence-electron chi connectivity index (χ1n) is 7.97. The standard InChI is InChI=1S/C15H29N3O2/c1-13(19)15(20)18-11-9-17(10-12-18)8-6-14-5-3-4-7-16(14)2/h13-14,19H,3-12H2,1-2H3/t13-,14-/m1/s1. The third kappa shape index (κ3) is 4.17. The van der Waals surface area contributed by atoms with E-state index in [9.17, 15) is 9.90 Å². The zero-order valence-corrected chi connectivity index (χ0v) is 12.9. The van der Waals surface area contributed by atoms with Gasteiger partial charge in [0.05, 0.1) is 0 Å². The summed E-state index contributed by atoms with van der Waals surface area (Å²) in [4.78, 5) is 18.4. The van der Waals surface area contributed by atoms with Gasteiger partial charge in [-0.05, 0) is 46.3 Å². The number of piperidine rings is 1. The molecule has 2 fully saturated rings. The molecule has 20 heavy (non-hydrogen) atoms. The average Bonchev–Trinajstić information content (AvgIpc) is 2.46. The molecular weight excluding hydrogens is 254 g/mol. The van der Waals surface area contributed by atoms with Crippen molar-refractivity contribution in [2.45, 2.75) is 44.8 Å². The number of hydrogen-bond acceptors (Lipinski definition) is 4. The van der Waals surface area contributed by atoms with Crippen LogP contribution >= 0.6 is 0 Å². The van der Waals surface area contributed by atoms with Gasteiger partial charge in [-0.25, -0.2) is 0 Å². The molecule has 0 bridgehead atoms. The normalized spacial score (nSPS) is 27.6. The Kier molecular flexibility index (Phi) is 5.81. The second-order valence-electron chi connectivity index (χ2n) is 6.26. The van der Waals surface area contributed by atoms with Crippen LogP contribution < -0.4 is 0 Å². The van der Waals surface area contributed by atoms with Crippen molar-refractivity contribution < 1.29 is 9.90 Å². The Morgan fingerprint density at radius 1 is 1.20 bits per heavy atom. The third-order valence-electron chi connectivity index (χ3n) is 4.74. The Bertz CT molecular complexity index is 314. The molecule has 116 valence electrons. The monoisotopic (exact) mass is 283 g/mol. The summed E-state index contributed by atoms with van der Waals surface area (Å²) in [6, 6.07) is 0.737. The molecule has 2 atom stereocenters. The van der Waals surface area contributed by atoms with Crippen LogP contribution in [0.1, 0.15) is 32.6 Å². The number of likely N-dealkylation sites (tertiary alicyclic amines) is 1. The SMILES string of the molecule is C[C@@H](O)C(=O)N1CCN(CC[C@H]2CCCCN2C)CC1. The summed E-state index contributed by atoms with van der Waals surface area (Å²) in [5.74, 6) is -0.128. The van der Waals surface area contributed by atoms with Gasteiger partial charge in [0.2, 0.25) is 0 Å². The molecule has 2 saturated heterocycles. The summed E-state index contributed by atoms with van der Waals surface area (Å²) in [5.41, 5.74) is 0. The maximum atomic E-state index is 11.7. The molecule has 2 heterocycles. The van der Waals surface area contributed by atoms with Crippen molar-refractivity contribution >= 4 is 5.91 Å². The smallest absolute Gasteiger partial charge is 0.251 e. The van der Waals surface area contributed by atoms with Gasteiger partial charge in [-0.3, -0.25) is 9.69 Å². The molecule has 2 aliphatic rings. The van der Waals surface area contributed by atoms with Gasteiger partial charge in [0.1, 0.15) is 6.10 Å². The minimum absolute atomic E-state index is 0.128. The van der Waals surface area contributed by atoms with E-state index in [0.29, 0.717) is 0 Å². The molecule has 0 spiro atoms. The van der Waals surface area contributed by atoms with Crippen molar-refractivity contribution in [1.29, 1.82) is 0 Å².